The molecule has 1 atom stereocenters. The molecule has 118 valence electrons. The Labute approximate surface area is 128 Å². The van der Waals surface area contributed by atoms with E-state index < -0.39 is 11.6 Å². The van der Waals surface area contributed by atoms with Crippen LogP contribution in [0.15, 0.2) is 12.1 Å². The van der Waals surface area contributed by atoms with Gasteiger partial charge in [-0.15, -0.1) is 0 Å². The molecule has 1 aliphatic heterocycles. The van der Waals surface area contributed by atoms with E-state index in [1.165, 1.54) is 0 Å². The van der Waals surface area contributed by atoms with E-state index >= 15 is 0 Å². The van der Waals surface area contributed by atoms with Crippen LogP contribution < -0.4 is 10.2 Å². The summed E-state index contributed by atoms with van der Waals surface area (Å²) in [4.78, 5) is 13.3. The smallest absolute Gasteiger partial charge is 0.220 e. The Morgan fingerprint density at radius 2 is 2.14 bits per heavy atom. The molecule has 6 heteroatoms. The fraction of sp³-hybridized carbons (Fsp3) is 0.500. The predicted octanol–water partition coefficient (Wildman–Crippen LogP) is 2.72. The minimum absolute atomic E-state index is 0.0323. The van der Waals surface area contributed by atoms with Crippen molar-refractivity contribution in [3.05, 3.63) is 29.3 Å². The fourth-order valence-corrected chi connectivity index (χ4v) is 2.76. The third-order valence-electron chi connectivity index (χ3n) is 3.73. The average molecular weight is 307 g/mol. The number of benzene rings is 1. The number of carbonyl (C=O) groups is 1. The monoisotopic (exact) mass is 307 g/mol. The molecule has 0 radical (unpaired) electrons. The molecule has 0 aliphatic carbocycles. The first-order chi connectivity index (χ1) is 10.5. The molecule has 1 heterocycles. The van der Waals surface area contributed by atoms with Crippen LogP contribution >= 0.6 is 0 Å². The van der Waals surface area contributed by atoms with Crippen molar-refractivity contribution in [2.24, 2.45) is 0 Å². The molecule has 0 aromatic heterocycles. The Bertz CT molecular complexity index is 575. The first-order valence-electron chi connectivity index (χ1n) is 7.48. The minimum Gasteiger partial charge on any atom is -0.365 e. The third kappa shape index (κ3) is 3.73. The van der Waals surface area contributed by atoms with Crippen LogP contribution in [0.3, 0.4) is 0 Å². The van der Waals surface area contributed by atoms with Gasteiger partial charge in [0.25, 0.3) is 0 Å². The molecule has 22 heavy (non-hydrogen) atoms. The lowest BCUT2D eigenvalue weighted by atomic mass is 10.0. The number of carbonyl (C=O) groups excluding carboxylic acids is 1. The van der Waals surface area contributed by atoms with Gasteiger partial charge >= 0.3 is 0 Å². The second-order valence-electron chi connectivity index (χ2n) is 5.50. The maximum atomic E-state index is 14.1. The highest BCUT2D eigenvalue weighted by molar-refractivity contribution is 5.76. The summed E-state index contributed by atoms with van der Waals surface area (Å²) in [6, 6.07) is 3.70. The predicted molar refractivity (Wildman–Crippen MR) is 79.4 cm³/mol. The summed E-state index contributed by atoms with van der Waals surface area (Å²) in [5.41, 5.74) is -0.156. The Kier molecular flexibility index (Phi) is 5.31. The van der Waals surface area contributed by atoms with Crippen LogP contribution in [0.1, 0.15) is 38.2 Å². The van der Waals surface area contributed by atoms with Crippen molar-refractivity contribution in [3.63, 3.8) is 0 Å². The van der Waals surface area contributed by atoms with E-state index in [4.69, 9.17) is 5.26 Å². The Morgan fingerprint density at radius 3 is 2.73 bits per heavy atom. The van der Waals surface area contributed by atoms with Crippen LogP contribution in [-0.2, 0) is 4.79 Å². The van der Waals surface area contributed by atoms with Crippen LogP contribution in [0.25, 0.3) is 0 Å². The maximum Gasteiger partial charge on any atom is 0.220 e. The Morgan fingerprint density at radius 1 is 1.45 bits per heavy atom. The Hall–Kier alpha value is -2.16. The van der Waals surface area contributed by atoms with Crippen LogP contribution in [0, 0.1) is 23.0 Å². The highest BCUT2D eigenvalue weighted by Gasteiger charge is 2.25. The van der Waals surface area contributed by atoms with Crippen LogP contribution in [0.2, 0.25) is 0 Å². The number of nitrogens with one attached hydrogen (secondary N) is 1. The zero-order chi connectivity index (χ0) is 16.1. The van der Waals surface area contributed by atoms with E-state index in [1.54, 1.807) is 11.0 Å². The molecule has 1 aliphatic rings. The number of hydrogen-bond acceptors (Lipinski definition) is 3. The molecule has 1 fully saturated rings. The van der Waals surface area contributed by atoms with E-state index in [0.717, 1.165) is 31.4 Å². The van der Waals surface area contributed by atoms with Crippen molar-refractivity contribution in [3.8, 4) is 6.07 Å². The number of piperidine rings is 1. The summed E-state index contributed by atoms with van der Waals surface area (Å²) in [6.07, 6.45) is 2.76. The van der Waals surface area contributed by atoms with Gasteiger partial charge in [-0.3, -0.25) is 4.79 Å². The summed E-state index contributed by atoms with van der Waals surface area (Å²) in [5, 5.41) is 11.6. The molecule has 2 rings (SSSR count). The largest absolute Gasteiger partial charge is 0.365 e. The summed E-state index contributed by atoms with van der Waals surface area (Å²) in [6.45, 7) is 2.82. The van der Waals surface area contributed by atoms with Gasteiger partial charge in [-0.05, 0) is 31.4 Å². The number of nitriles is 1. The molecule has 0 spiro atoms. The summed E-state index contributed by atoms with van der Waals surface area (Å²) in [5.74, 6) is -1.51. The molecule has 0 bridgehead atoms. The van der Waals surface area contributed by atoms with Crippen molar-refractivity contribution in [2.45, 2.75) is 38.6 Å². The van der Waals surface area contributed by atoms with Gasteiger partial charge in [0.05, 0.1) is 11.6 Å². The molecule has 0 saturated carbocycles. The molecule has 4 nitrogen and oxygen atoms in total. The number of halogens is 2. The number of nitrogens with zero attached hydrogens (tertiary/aromatic N) is 2. The van der Waals surface area contributed by atoms with Gasteiger partial charge in [0.1, 0.15) is 5.69 Å². The fourth-order valence-electron chi connectivity index (χ4n) is 2.76. The van der Waals surface area contributed by atoms with Crippen molar-refractivity contribution in [1.82, 2.24) is 5.32 Å². The highest BCUT2D eigenvalue weighted by Crippen LogP contribution is 2.27. The van der Waals surface area contributed by atoms with Crippen LogP contribution in [-0.4, -0.2) is 25.0 Å². The van der Waals surface area contributed by atoms with E-state index in [-0.39, 0.29) is 23.2 Å². The number of rotatable bonds is 4. The van der Waals surface area contributed by atoms with Crippen molar-refractivity contribution in [2.75, 3.05) is 18.0 Å². The number of hydrogen-bond donors (Lipinski definition) is 1. The van der Waals surface area contributed by atoms with Gasteiger partial charge < -0.3 is 10.2 Å². The lowest BCUT2D eigenvalue weighted by molar-refractivity contribution is -0.121. The molecule has 1 amide bonds. The lowest BCUT2D eigenvalue weighted by Crippen LogP contribution is -2.48. The number of anilines is 1. The second kappa shape index (κ2) is 7.21. The van der Waals surface area contributed by atoms with E-state index in [1.807, 2.05) is 6.92 Å². The van der Waals surface area contributed by atoms with Gasteiger partial charge in [0, 0.05) is 25.6 Å². The zero-order valence-electron chi connectivity index (χ0n) is 12.5. The van der Waals surface area contributed by atoms with Crippen molar-refractivity contribution in [1.29, 1.82) is 5.26 Å². The SMILES string of the molecule is CCCC(=O)NC1CCCN(c2c(F)cc(C#N)cc2F)C1. The average Bonchev–Trinajstić information content (AvgIpc) is 2.47. The summed E-state index contributed by atoms with van der Waals surface area (Å²) < 4.78 is 28.1. The molecule has 1 N–H and O–H groups in total. The van der Waals surface area contributed by atoms with Gasteiger partial charge in [-0.1, -0.05) is 6.92 Å². The standard InChI is InChI=1S/C16H19F2N3O/c1-2-4-15(22)20-12-5-3-6-21(10-12)16-13(17)7-11(9-19)8-14(16)18/h7-8,12H,2-6,10H2,1H3,(H,20,22). The van der Waals surface area contributed by atoms with Crippen LogP contribution in [0.4, 0.5) is 14.5 Å². The van der Waals surface area contributed by atoms with Gasteiger partial charge in [-0.2, -0.15) is 5.26 Å². The highest BCUT2D eigenvalue weighted by atomic mass is 19.1. The molecular weight excluding hydrogens is 288 g/mol. The number of amides is 1. The summed E-state index contributed by atoms with van der Waals surface area (Å²) >= 11 is 0. The van der Waals surface area contributed by atoms with Gasteiger partial charge in [0.15, 0.2) is 11.6 Å². The summed E-state index contributed by atoms with van der Waals surface area (Å²) in [7, 11) is 0. The lowest BCUT2D eigenvalue weighted by Gasteiger charge is -2.35. The minimum atomic E-state index is -0.739. The molecule has 1 aromatic rings. The topological polar surface area (TPSA) is 56.1 Å². The molecule has 1 unspecified atom stereocenters. The van der Waals surface area contributed by atoms with Crippen molar-refractivity contribution >= 4 is 11.6 Å². The van der Waals surface area contributed by atoms with Gasteiger partial charge in [-0.25, -0.2) is 8.78 Å². The third-order valence-corrected chi connectivity index (χ3v) is 3.73. The van der Waals surface area contributed by atoms with Crippen LogP contribution in [0.5, 0.6) is 0 Å². The van der Waals surface area contributed by atoms with E-state index in [9.17, 15) is 13.6 Å². The Balaban J connectivity index is 2.13. The molecule has 1 aromatic carbocycles. The van der Waals surface area contributed by atoms with E-state index in [0.29, 0.717) is 19.5 Å². The van der Waals surface area contributed by atoms with E-state index in [2.05, 4.69) is 5.32 Å². The maximum absolute atomic E-state index is 14.1. The quantitative estimate of drug-likeness (QED) is 0.930. The first kappa shape index (κ1) is 16.2. The molecular formula is C16H19F2N3O. The zero-order valence-corrected chi connectivity index (χ0v) is 12.5. The van der Waals surface area contributed by atoms with Crippen molar-refractivity contribution < 1.29 is 13.6 Å². The van der Waals surface area contributed by atoms with Gasteiger partial charge in [0.2, 0.25) is 5.91 Å². The molecule has 1 saturated heterocycles. The second-order valence-corrected chi connectivity index (χ2v) is 5.50. The normalized spacial score (nSPS) is 17.9. The first-order valence-corrected chi connectivity index (χ1v) is 7.48.